The van der Waals surface area contributed by atoms with Crippen molar-refractivity contribution in [3.05, 3.63) is 18.2 Å². The van der Waals surface area contributed by atoms with Gasteiger partial charge >= 0.3 is 0 Å². The van der Waals surface area contributed by atoms with E-state index >= 15 is 0 Å². The van der Waals surface area contributed by atoms with Gasteiger partial charge in [0.05, 0.1) is 11.1 Å². The minimum Gasteiger partial charge on any atom is -0.392 e. The zero-order valence-corrected chi connectivity index (χ0v) is 9.51. The van der Waals surface area contributed by atoms with Gasteiger partial charge in [0.25, 0.3) is 0 Å². The van der Waals surface area contributed by atoms with E-state index in [9.17, 15) is 5.11 Å². The molecule has 78 valence electrons. The number of nitrogens with one attached hydrogen (secondary N) is 1. The number of anilines is 1. The maximum Gasteiger partial charge on any atom is 0.126 e. The Balaban J connectivity index is 2.66. The number of aromatic nitrogens is 1. The number of thioether (sulfide) groups is 1. The van der Waals surface area contributed by atoms with Crippen molar-refractivity contribution in [1.82, 2.24) is 4.98 Å². The molecule has 4 heteroatoms. The summed E-state index contributed by atoms with van der Waals surface area (Å²) in [6.45, 7) is 3.78. The third kappa shape index (κ3) is 3.20. The highest BCUT2D eigenvalue weighted by Crippen LogP contribution is 2.24. The normalized spacial score (nSPS) is 14.9. The first-order valence-corrected chi connectivity index (χ1v) is 5.51. The monoisotopic (exact) mass is 212 g/mol. The summed E-state index contributed by atoms with van der Waals surface area (Å²) in [6, 6.07) is 5.82. The third-order valence-electron chi connectivity index (χ3n) is 1.97. The molecule has 14 heavy (non-hydrogen) atoms. The van der Waals surface area contributed by atoms with Crippen LogP contribution in [0.25, 0.3) is 0 Å². The van der Waals surface area contributed by atoms with Crippen molar-refractivity contribution in [3.63, 3.8) is 0 Å². The van der Waals surface area contributed by atoms with Gasteiger partial charge in [0.1, 0.15) is 5.82 Å². The molecule has 1 rings (SSSR count). The lowest BCUT2D eigenvalue weighted by Crippen LogP contribution is -2.15. The third-order valence-corrected chi connectivity index (χ3v) is 3.20. The van der Waals surface area contributed by atoms with Crippen molar-refractivity contribution in [1.29, 1.82) is 0 Å². The molecule has 0 saturated carbocycles. The number of pyridine rings is 1. The van der Waals surface area contributed by atoms with E-state index < -0.39 is 0 Å². The molecule has 0 aliphatic carbocycles. The molecule has 0 radical (unpaired) electrons. The molecule has 2 N–H and O–H groups in total. The van der Waals surface area contributed by atoms with Crippen LogP contribution in [0.15, 0.2) is 23.2 Å². The standard InChI is InChI=1S/C10H16N2OS/c1-7(13)8(2)14-10-6-4-5-9(11-3)12-10/h4-8,13H,1-3H3,(H,11,12). The van der Waals surface area contributed by atoms with Crippen LogP contribution >= 0.6 is 11.8 Å². The van der Waals surface area contributed by atoms with Crippen molar-refractivity contribution in [2.75, 3.05) is 12.4 Å². The Hall–Kier alpha value is -0.740. The lowest BCUT2D eigenvalue weighted by atomic mass is 10.3. The maximum absolute atomic E-state index is 9.34. The van der Waals surface area contributed by atoms with Crippen LogP contribution in [0.5, 0.6) is 0 Å². The number of aliphatic hydroxyl groups excluding tert-OH is 1. The van der Waals surface area contributed by atoms with Crippen LogP contribution < -0.4 is 5.32 Å². The summed E-state index contributed by atoms with van der Waals surface area (Å²) in [5, 5.41) is 13.4. The van der Waals surface area contributed by atoms with E-state index in [4.69, 9.17) is 0 Å². The Morgan fingerprint density at radius 2 is 2.14 bits per heavy atom. The second-order valence-corrected chi connectivity index (χ2v) is 4.57. The van der Waals surface area contributed by atoms with Gasteiger partial charge in [0, 0.05) is 12.3 Å². The number of hydrogen-bond acceptors (Lipinski definition) is 4. The first-order chi connectivity index (χ1) is 6.63. The van der Waals surface area contributed by atoms with Gasteiger partial charge < -0.3 is 10.4 Å². The molecule has 0 amide bonds. The Kier molecular flexibility index (Phi) is 4.22. The Labute approximate surface area is 88.9 Å². The van der Waals surface area contributed by atoms with Crippen molar-refractivity contribution in [2.45, 2.75) is 30.2 Å². The SMILES string of the molecule is CNc1cccc(SC(C)C(C)O)n1. The zero-order chi connectivity index (χ0) is 10.6. The van der Waals surface area contributed by atoms with Gasteiger partial charge in [-0.05, 0) is 19.1 Å². The van der Waals surface area contributed by atoms with Crippen molar-refractivity contribution < 1.29 is 5.11 Å². The van der Waals surface area contributed by atoms with E-state index in [1.807, 2.05) is 32.2 Å². The second kappa shape index (κ2) is 5.22. The molecule has 2 unspecified atom stereocenters. The molecule has 0 spiro atoms. The summed E-state index contributed by atoms with van der Waals surface area (Å²) >= 11 is 1.58. The van der Waals surface area contributed by atoms with Gasteiger partial charge in [0.2, 0.25) is 0 Å². The van der Waals surface area contributed by atoms with Crippen LogP contribution in [-0.4, -0.2) is 28.5 Å². The molecule has 1 aromatic rings. The molecule has 3 nitrogen and oxygen atoms in total. The minimum absolute atomic E-state index is 0.162. The molecule has 1 heterocycles. The molecule has 0 aromatic carbocycles. The predicted octanol–water partition coefficient (Wildman–Crippen LogP) is 1.98. The van der Waals surface area contributed by atoms with Crippen LogP contribution in [-0.2, 0) is 0 Å². The summed E-state index contributed by atoms with van der Waals surface area (Å²) in [5.41, 5.74) is 0. The van der Waals surface area contributed by atoms with Gasteiger partial charge in [-0.3, -0.25) is 0 Å². The van der Waals surface area contributed by atoms with E-state index in [-0.39, 0.29) is 11.4 Å². The van der Waals surface area contributed by atoms with Crippen LogP contribution in [0, 0.1) is 0 Å². The van der Waals surface area contributed by atoms with E-state index in [0.29, 0.717) is 0 Å². The van der Waals surface area contributed by atoms with Crippen molar-refractivity contribution >= 4 is 17.6 Å². The molecule has 0 saturated heterocycles. The highest BCUT2D eigenvalue weighted by Gasteiger charge is 2.10. The number of aliphatic hydroxyl groups is 1. The molecule has 0 fully saturated rings. The number of hydrogen-bond donors (Lipinski definition) is 2. The van der Waals surface area contributed by atoms with Gasteiger partial charge in [-0.25, -0.2) is 4.98 Å². The molecular formula is C10H16N2OS. The predicted molar refractivity (Wildman–Crippen MR) is 60.8 cm³/mol. The van der Waals surface area contributed by atoms with Gasteiger partial charge in [-0.15, -0.1) is 11.8 Å². The number of nitrogens with zero attached hydrogens (tertiary/aromatic N) is 1. The topological polar surface area (TPSA) is 45.1 Å². The van der Waals surface area contributed by atoms with E-state index in [2.05, 4.69) is 10.3 Å². The van der Waals surface area contributed by atoms with Gasteiger partial charge in [-0.1, -0.05) is 13.0 Å². The van der Waals surface area contributed by atoms with Crippen molar-refractivity contribution in [3.8, 4) is 0 Å². The van der Waals surface area contributed by atoms with E-state index in [1.165, 1.54) is 0 Å². The first-order valence-electron chi connectivity index (χ1n) is 4.63. The summed E-state index contributed by atoms with van der Waals surface area (Å²) in [7, 11) is 1.84. The Bertz CT molecular complexity index is 291. The van der Waals surface area contributed by atoms with Crippen LogP contribution in [0.2, 0.25) is 0 Å². The lowest BCUT2D eigenvalue weighted by Gasteiger charge is -2.13. The summed E-state index contributed by atoms with van der Waals surface area (Å²) < 4.78 is 0. The van der Waals surface area contributed by atoms with E-state index in [1.54, 1.807) is 18.7 Å². The quantitative estimate of drug-likeness (QED) is 0.749. The lowest BCUT2D eigenvalue weighted by molar-refractivity contribution is 0.196. The van der Waals surface area contributed by atoms with Crippen LogP contribution in [0.1, 0.15) is 13.8 Å². The molecule has 2 atom stereocenters. The highest BCUT2D eigenvalue weighted by molar-refractivity contribution is 7.99. The Morgan fingerprint density at radius 3 is 2.71 bits per heavy atom. The van der Waals surface area contributed by atoms with E-state index in [0.717, 1.165) is 10.8 Å². The summed E-state index contributed by atoms with van der Waals surface area (Å²) in [4.78, 5) is 4.35. The Morgan fingerprint density at radius 1 is 1.43 bits per heavy atom. The average molecular weight is 212 g/mol. The smallest absolute Gasteiger partial charge is 0.126 e. The number of rotatable bonds is 4. The summed E-state index contributed by atoms with van der Waals surface area (Å²) in [5.74, 6) is 0.854. The molecule has 1 aromatic heterocycles. The second-order valence-electron chi connectivity index (χ2n) is 3.17. The average Bonchev–Trinajstić information content (AvgIpc) is 2.18. The fourth-order valence-corrected chi connectivity index (χ4v) is 1.79. The van der Waals surface area contributed by atoms with Crippen LogP contribution in [0.3, 0.4) is 0 Å². The maximum atomic E-state index is 9.34. The van der Waals surface area contributed by atoms with Crippen LogP contribution in [0.4, 0.5) is 5.82 Å². The fraction of sp³-hybridized carbons (Fsp3) is 0.500. The molecule has 0 aliphatic rings. The molecule has 0 bridgehead atoms. The minimum atomic E-state index is -0.319. The first kappa shape index (κ1) is 11.3. The fourth-order valence-electron chi connectivity index (χ4n) is 0.909. The summed E-state index contributed by atoms with van der Waals surface area (Å²) in [6.07, 6.45) is -0.319. The molecule has 0 aliphatic heterocycles. The largest absolute Gasteiger partial charge is 0.392 e. The zero-order valence-electron chi connectivity index (χ0n) is 8.69. The van der Waals surface area contributed by atoms with Gasteiger partial charge in [-0.2, -0.15) is 0 Å². The van der Waals surface area contributed by atoms with Crippen molar-refractivity contribution in [2.24, 2.45) is 0 Å². The van der Waals surface area contributed by atoms with Gasteiger partial charge in [0.15, 0.2) is 0 Å². The highest BCUT2D eigenvalue weighted by atomic mass is 32.2. The molecular weight excluding hydrogens is 196 g/mol.